The van der Waals surface area contributed by atoms with Crippen molar-refractivity contribution in [1.82, 2.24) is 15.5 Å². The van der Waals surface area contributed by atoms with Crippen LogP contribution in [0.15, 0.2) is 24.3 Å². The molecule has 1 saturated heterocycles. The largest absolute Gasteiger partial charge is 0.392 e. The molecule has 2 rings (SSSR count). The molecule has 6 heteroatoms. The molecule has 1 heterocycles. The Hall–Kier alpha value is -1.30. The van der Waals surface area contributed by atoms with Gasteiger partial charge in [-0.2, -0.15) is 0 Å². The number of amides is 2. The van der Waals surface area contributed by atoms with Crippen LogP contribution >= 0.6 is 11.6 Å². The Labute approximate surface area is 130 Å². The molecule has 116 valence electrons. The van der Waals surface area contributed by atoms with E-state index in [1.807, 2.05) is 24.3 Å². The first-order chi connectivity index (χ1) is 9.97. The summed E-state index contributed by atoms with van der Waals surface area (Å²) < 4.78 is 0. The average molecular weight is 312 g/mol. The number of hydrogen-bond acceptors (Lipinski definition) is 3. The van der Waals surface area contributed by atoms with Crippen molar-refractivity contribution in [2.24, 2.45) is 0 Å². The standard InChI is InChI=1S/C15H22ClN3O2/c1-10(20)9-17-15(21)18-13-7-8-19(2)14(13)11-3-5-12(16)6-4-11/h3-6,10,13-14,20H,7-9H2,1-2H3,(H2,17,18,21)/t10-,13?,14?/m1/s1. The zero-order chi connectivity index (χ0) is 15.4. The van der Waals surface area contributed by atoms with Gasteiger partial charge < -0.3 is 15.7 Å². The number of rotatable bonds is 4. The second kappa shape index (κ2) is 7.11. The van der Waals surface area contributed by atoms with Gasteiger partial charge >= 0.3 is 6.03 Å². The number of aliphatic hydroxyl groups excluding tert-OH is 1. The average Bonchev–Trinajstić information content (AvgIpc) is 2.79. The van der Waals surface area contributed by atoms with Gasteiger partial charge in [-0.1, -0.05) is 23.7 Å². The highest BCUT2D eigenvalue weighted by Crippen LogP contribution is 2.31. The van der Waals surface area contributed by atoms with Crippen molar-refractivity contribution in [2.45, 2.75) is 31.5 Å². The van der Waals surface area contributed by atoms with Crippen molar-refractivity contribution in [3.05, 3.63) is 34.9 Å². The maximum Gasteiger partial charge on any atom is 0.315 e. The van der Waals surface area contributed by atoms with Gasteiger partial charge in [-0.15, -0.1) is 0 Å². The summed E-state index contributed by atoms with van der Waals surface area (Å²) in [5, 5.41) is 15.6. The number of carbonyl (C=O) groups excluding carboxylic acids is 1. The molecular weight excluding hydrogens is 290 g/mol. The van der Waals surface area contributed by atoms with E-state index in [0.29, 0.717) is 5.02 Å². The number of urea groups is 1. The van der Waals surface area contributed by atoms with Gasteiger partial charge in [0.1, 0.15) is 0 Å². The highest BCUT2D eigenvalue weighted by molar-refractivity contribution is 6.30. The molecule has 21 heavy (non-hydrogen) atoms. The lowest BCUT2D eigenvalue weighted by Crippen LogP contribution is -2.46. The van der Waals surface area contributed by atoms with E-state index in [-0.39, 0.29) is 24.7 Å². The number of halogens is 1. The Bertz CT molecular complexity index is 478. The summed E-state index contributed by atoms with van der Waals surface area (Å²) in [6.07, 6.45) is 0.348. The molecule has 1 aliphatic rings. The zero-order valence-electron chi connectivity index (χ0n) is 12.3. The van der Waals surface area contributed by atoms with Crippen LogP contribution in [0.3, 0.4) is 0 Å². The molecule has 1 aromatic carbocycles. The van der Waals surface area contributed by atoms with Gasteiger partial charge in [0.25, 0.3) is 0 Å². The summed E-state index contributed by atoms with van der Waals surface area (Å²) in [4.78, 5) is 14.1. The fraction of sp³-hybridized carbons (Fsp3) is 0.533. The number of carbonyl (C=O) groups is 1. The van der Waals surface area contributed by atoms with Crippen LogP contribution in [0.2, 0.25) is 5.02 Å². The topological polar surface area (TPSA) is 64.6 Å². The van der Waals surface area contributed by atoms with Crippen molar-refractivity contribution in [2.75, 3.05) is 20.1 Å². The molecule has 1 fully saturated rings. The third kappa shape index (κ3) is 4.33. The highest BCUT2D eigenvalue weighted by Gasteiger charge is 2.33. The molecule has 0 aromatic heterocycles. The first-order valence-electron chi connectivity index (χ1n) is 7.15. The monoisotopic (exact) mass is 311 g/mol. The number of hydrogen-bond donors (Lipinski definition) is 3. The van der Waals surface area contributed by atoms with E-state index in [0.717, 1.165) is 18.5 Å². The summed E-state index contributed by atoms with van der Waals surface area (Å²) in [5.74, 6) is 0. The van der Waals surface area contributed by atoms with E-state index in [4.69, 9.17) is 11.6 Å². The lowest BCUT2D eigenvalue weighted by molar-refractivity contribution is 0.185. The summed E-state index contributed by atoms with van der Waals surface area (Å²) in [7, 11) is 2.05. The molecular formula is C15H22ClN3O2. The minimum atomic E-state index is -0.547. The summed E-state index contributed by atoms with van der Waals surface area (Å²) in [6, 6.07) is 7.68. The van der Waals surface area contributed by atoms with Gasteiger partial charge in [-0.25, -0.2) is 4.79 Å². The fourth-order valence-electron chi connectivity index (χ4n) is 2.70. The minimum Gasteiger partial charge on any atom is -0.392 e. The van der Waals surface area contributed by atoms with Crippen molar-refractivity contribution >= 4 is 17.6 Å². The second-order valence-corrected chi connectivity index (χ2v) is 6.01. The van der Waals surface area contributed by atoms with E-state index in [1.165, 1.54) is 0 Å². The van der Waals surface area contributed by atoms with Crippen molar-refractivity contribution in [3.8, 4) is 0 Å². The quantitative estimate of drug-likeness (QED) is 0.794. The predicted molar refractivity (Wildman–Crippen MR) is 83.4 cm³/mol. The number of aliphatic hydroxyl groups is 1. The van der Waals surface area contributed by atoms with Crippen LogP contribution < -0.4 is 10.6 Å². The fourth-order valence-corrected chi connectivity index (χ4v) is 2.83. The summed E-state index contributed by atoms with van der Waals surface area (Å²) in [6.45, 7) is 2.81. The number of nitrogens with one attached hydrogen (secondary N) is 2. The lowest BCUT2D eigenvalue weighted by atomic mass is 10.0. The van der Waals surface area contributed by atoms with E-state index >= 15 is 0 Å². The van der Waals surface area contributed by atoms with Crippen LogP contribution in [-0.2, 0) is 0 Å². The predicted octanol–water partition coefficient (Wildman–Crippen LogP) is 1.77. The van der Waals surface area contributed by atoms with E-state index in [1.54, 1.807) is 6.92 Å². The van der Waals surface area contributed by atoms with Crippen LogP contribution in [0.1, 0.15) is 24.9 Å². The van der Waals surface area contributed by atoms with Gasteiger partial charge in [-0.3, -0.25) is 4.90 Å². The van der Waals surface area contributed by atoms with Crippen LogP contribution in [0.5, 0.6) is 0 Å². The highest BCUT2D eigenvalue weighted by atomic mass is 35.5. The first kappa shape index (κ1) is 16.1. The number of nitrogens with zero attached hydrogens (tertiary/aromatic N) is 1. The van der Waals surface area contributed by atoms with Gasteiger partial charge in [0.15, 0.2) is 0 Å². The molecule has 0 saturated carbocycles. The van der Waals surface area contributed by atoms with Gasteiger partial charge in [0.2, 0.25) is 0 Å². The molecule has 0 spiro atoms. The molecule has 0 aliphatic carbocycles. The maximum atomic E-state index is 11.9. The van der Waals surface area contributed by atoms with Crippen LogP contribution in [0.4, 0.5) is 4.79 Å². The molecule has 2 amide bonds. The molecule has 0 radical (unpaired) electrons. The van der Waals surface area contributed by atoms with Crippen molar-refractivity contribution < 1.29 is 9.90 Å². The molecule has 5 nitrogen and oxygen atoms in total. The van der Waals surface area contributed by atoms with Crippen LogP contribution in [0, 0.1) is 0 Å². The zero-order valence-corrected chi connectivity index (χ0v) is 13.1. The van der Waals surface area contributed by atoms with E-state index < -0.39 is 6.10 Å². The van der Waals surface area contributed by atoms with Crippen LogP contribution in [-0.4, -0.2) is 48.3 Å². The Kier molecular flexibility index (Phi) is 5.45. The number of likely N-dealkylation sites (N-methyl/N-ethyl adjacent to an activating group) is 1. The van der Waals surface area contributed by atoms with E-state index in [9.17, 15) is 9.90 Å². The normalized spacial score (nSPS) is 23.8. The molecule has 3 atom stereocenters. The van der Waals surface area contributed by atoms with Gasteiger partial charge in [-0.05, 0) is 38.1 Å². The number of likely N-dealkylation sites (tertiary alicyclic amines) is 1. The molecule has 1 aliphatic heterocycles. The van der Waals surface area contributed by atoms with E-state index in [2.05, 4.69) is 22.6 Å². The minimum absolute atomic E-state index is 0.0465. The van der Waals surface area contributed by atoms with Crippen LogP contribution in [0.25, 0.3) is 0 Å². The maximum absolute atomic E-state index is 11.9. The summed E-state index contributed by atoms with van der Waals surface area (Å²) in [5.41, 5.74) is 1.14. The van der Waals surface area contributed by atoms with Gasteiger partial charge in [0.05, 0.1) is 18.2 Å². The Morgan fingerprint density at radius 3 is 2.76 bits per heavy atom. The number of benzene rings is 1. The van der Waals surface area contributed by atoms with Gasteiger partial charge in [0, 0.05) is 18.1 Å². The molecule has 1 aromatic rings. The smallest absolute Gasteiger partial charge is 0.315 e. The molecule has 0 bridgehead atoms. The lowest BCUT2D eigenvalue weighted by Gasteiger charge is -2.26. The molecule has 3 N–H and O–H groups in total. The summed E-state index contributed by atoms with van der Waals surface area (Å²) >= 11 is 5.93. The second-order valence-electron chi connectivity index (χ2n) is 5.58. The Morgan fingerprint density at radius 1 is 1.48 bits per heavy atom. The third-order valence-corrected chi connectivity index (χ3v) is 3.99. The first-order valence-corrected chi connectivity index (χ1v) is 7.53. The third-order valence-electron chi connectivity index (χ3n) is 3.73. The Morgan fingerprint density at radius 2 is 2.14 bits per heavy atom. The SMILES string of the molecule is C[C@@H](O)CNC(=O)NC1CCN(C)C1c1ccc(Cl)cc1. The van der Waals surface area contributed by atoms with Crippen molar-refractivity contribution in [3.63, 3.8) is 0 Å². The molecule has 2 unspecified atom stereocenters. The van der Waals surface area contributed by atoms with Crippen molar-refractivity contribution in [1.29, 1.82) is 0 Å². The Balaban J connectivity index is 2.01.